The highest BCUT2D eigenvalue weighted by Gasteiger charge is 2.12. The maximum atomic E-state index is 4.66. The molecule has 126 valence electrons. The van der Waals surface area contributed by atoms with Crippen LogP contribution in [0.4, 0.5) is 5.95 Å². The fourth-order valence-electron chi connectivity index (χ4n) is 3.57. The molecule has 0 aliphatic carbocycles. The van der Waals surface area contributed by atoms with Gasteiger partial charge in [0, 0.05) is 19.0 Å². The third kappa shape index (κ3) is 2.94. The van der Waals surface area contributed by atoms with Crippen LogP contribution in [0.25, 0.3) is 22.1 Å². The first-order valence-electron chi connectivity index (χ1n) is 8.87. The number of fused-ring (bicyclic) bond motifs is 3. The molecule has 0 radical (unpaired) electrons. The van der Waals surface area contributed by atoms with Crippen molar-refractivity contribution in [2.75, 3.05) is 31.5 Å². The molecular weight excluding hydrogens is 300 g/mol. The third-order valence-corrected chi connectivity index (χ3v) is 4.89. The lowest BCUT2D eigenvalue weighted by Gasteiger charge is -2.26. The molecule has 0 amide bonds. The molecule has 6 nitrogen and oxygen atoms in total. The number of nitrogens with zero attached hydrogens (tertiary/aromatic N) is 5. The van der Waals surface area contributed by atoms with Crippen LogP contribution in [0.2, 0.25) is 0 Å². The second-order valence-corrected chi connectivity index (χ2v) is 6.57. The van der Waals surface area contributed by atoms with Gasteiger partial charge in [0.2, 0.25) is 5.95 Å². The number of hydrogen-bond acceptors (Lipinski definition) is 5. The molecular formula is C18H24N6. The molecule has 0 saturated carbocycles. The molecule has 1 aliphatic rings. The van der Waals surface area contributed by atoms with Gasteiger partial charge < -0.3 is 14.8 Å². The number of anilines is 1. The van der Waals surface area contributed by atoms with Gasteiger partial charge in [-0.25, -0.2) is 0 Å². The summed E-state index contributed by atoms with van der Waals surface area (Å²) in [5.74, 6) is 0.618. The molecule has 0 atom stereocenters. The minimum absolute atomic E-state index is 0.618. The fourth-order valence-corrected chi connectivity index (χ4v) is 3.57. The van der Waals surface area contributed by atoms with E-state index in [2.05, 4.69) is 42.1 Å². The van der Waals surface area contributed by atoms with Crippen LogP contribution in [-0.2, 0) is 7.05 Å². The van der Waals surface area contributed by atoms with Crippen molar-refractivity contribution >= 4 is 28.0 Å². The van der Waals surface area contributed by atoms with Crippen LogP contribution in [0.5, 0.6) is 0 Å². The maximum Gasteiger partial charge on any atom is 0.244 e. The summed E-state index contributed by atoms with van der Waals surface area (Å²) in [6.45, 7) is 4.53. The molecule has 4 rings (SSSR count). The van der Waals surface area contributed by atoms with E-state index >= 15 is 0 Å². The van der Waals surface area contributed by atoms with Crippen molar-refractivity contribution in [3.8, 4) is 0 Å². The Morgan fingerprint density at radius 2 is 1.92 bits per heavy atom. The average Bonchev–Trinajstić information content (AvgIpc) is 2.92. The highest BCUT2D eigenvalue weighted by Crippen LogP contribution is 2.24. The molecule has 3 heterocycles. The summed E-state index contributed by atoms with van der Waals surface area (Å²) >= 11 is 0. The Morgan fingerprint density at radius 1 is 1.08 bits per heavy atom. The molecule has 1 aromatic carbocycles. The van der Waals surface area contributed by atoms with Crippen molar-refractivity contribution in [3.05, 3.63) is 24.3 Å². The van der Waals surface area contributed by atoms with Crippen molar-refractivity contribution in [2.45, 2.75) is 25.7 Å². The van der Waals surface area contributed by atoms with E-state index in [-0.39, 0.29) is 0 Å². The third-order valence-electron chi connectivity index (χ3n) is 4.89. The first-order chi connectivity index (χ1) is 11.8. The van der Waals surface area contributed by atoms with Crippen molar-refractivity contribution in [3.63, 3.8) is 0 Å². The highest BCUT2D eigenvalue weighted by atomic mass is 15.3. The van der Waals surface area contributed by atoms with E-state index in [9.17, 15) is 0 Å². The number of piperidine rings is 1. The number of aryl methyl sites for hydroxylation is 1. The summed E-state index contributed by atoms with van der Waals surface area (Å²) in [6.07, 6.45) is 5.19. The van der Waals surface area contributed by atoms with Crippen LogP contribution >= 0.6 is 0 Å². The monoisotopic (exact) mass is 324 g/mol. The van der Waals surface area contributed by atoms with Gasteiger partial charge in [-0.3, -0.25) is 0 Å². The zero-order chi connectivity index (χ0) is 16.4. The van der Waals surface area contributed by atoms with Gasteiger partial charge in [-0.05, 0) is 45.0 Å². The van der Waals surface area contributed by atoms with E-state index in [1.807, 2.05) is 19.2 Å². The Bertz CT molecular complexity index is 834. The molecule has 3 aromatic rings. The van der Waals surface area contributed by atoms with Crippen LogP contribution in [-0.4, -0.2) is 50.8 Å². The van der Waals surface area contributed by atoms with E-state index in [0.29, 0.717) is 5.95 Å². The Hall–Kier alpha value is -2.21. The number of hydrogen-bond donors (Lipinski definition) is 1. The lowest BCUT2D eigenvalue weighted by Crippen LogP contribution is -2.31. The fraction of sp³-hybridized carbons (Fsp3) is 0.500. The Kier molecular flexibility index (Phi) is 4.30. The first kappa shape index (κ1) is 15.3. The molecule has 1 saturated heterocycles. The molecule has 0 unspecified atom stereocenters. The lowest BCUT2D eigenvalue weighted by molar-refractivity contribution is 0.228. The molecule has 1 N–H and O–H groups in total. The van der Waals surface area contributed by atoms with Gasteiger partial charge in [0.05, 0.1) is 5.52 Å². The van der Waals surface area contributed by atoms with Gasteiger partial charge >= 0.3 is 0 Å². The van der Waals surface area contributed by atoms with Crippen molar-refractivity contribution < 1.29 is 0 Å². The smallest absolute Gasteiger partial charge is 0.244 e. The number of rotatable bonds is 5. The SMILES string of the molecule is Cn1c2ccccc2c2nnc(NCCCN3CCCCC3)nc21. The number of aromatic nitrogens is 4. The molecule has 1 fully saturated rings. The molecule has 6 heteroatoms. The van der Waals surface area contributed by atoms with Crippen LogP contribution in [0.3, 0.4) is 0 Å². The quantitative estimate of drug-likeness (QED) is 0.731. The van der Waals surface area contributed by atoms with E-state index < -0.39 is 0 Å². The summed E-state index contributed by atoms with van der Waals surface area (Å²) in [5, 5.41) is 13.1. The van der Waals surface area contributed by atoms with Crippen molar-refractivity contribution in [2.24, 2.45) is 7.05 Å². The molecule has 2 aromatic heterocycles. The van der Waals surface area contributed by atoms with E-state index in [0.717, 1.165) is 41.6 Å². The van der Waals surface area contributed by atoms with Crippen LogP contribution < -0.4 is 5.32 Å². The summed E-state index contributed by atoms with van der Waals surface area (Å²) in [4.78, 5) is 7.21. The summed E-state index contributed by atoms with van der Waals surface area (Å²) in [7, 11) is 2.03. The zero-order valence-electron chi connectivity index (χ0n) is 14.2. The van der Waals surface area contributed by atoms with Gasteiger partial charge in [-0.15, -0.1) is 10.2 Å². The van der Waals surface area contributed by atoms with Gasteiger partial charge in [0.1, 0.15) is 5.52 Å². The summed E-state index contributed by atoms with van der Waals surface area (Å²) in [6, 6.07) is 8.22. The summed E-state index contributed by atoms with van der Waals surface area (Å²) in [5.41, 5.74) is 2.88. The minimum Gasteiger partial charge on any atom is -0.353 e. The number of benzene rings is 1. The number of para-hydroxylation sites is 1. The first-order valence-corrected chi connectivity index (χ1v) is 8.87. The van der Waals surface area contributed by atoms with E-state index in [4.69, 9.17) is 0 Å². The second-order valence-electron chi connectivity index (χ2n) is 6.57. The normalized spacial score (nSPS) is 16.0. The van der Waals surface area contributed by atoms with Crippen molar-refractivity contribution in [1.29, 1.82) is 0 Å². The lowest BCUT2D eigenvalue weighted by atomic mass is 10.1. The standard InChI is InChI=1S/C18H24N6/c1-23-15-9-4-3-8-14(15)16-17(23)20-18(22-21-16)19-10-7-13-24-11-5-2-6-12-24/h3-4,8-9H,2,5-7,10-13H2,1H3,(H,19,20,22). The van der Waals surface area contributed by atoms with Crippen LogP contribution in [0.15, 0.2) is 24.3 Å². The van der Waals surface area contributed by atoms with Gasteiger partial charge in [-0.2, -0.15) is 4.98 Å². The average molecular weight is 324 g/mol. The van der Waals surface area contributed by atoms with Crippen molar-refractivity contribution in [1.82, 2.24) is 24.6 Å². The largest absolute Gasteiger partial charge is 0.353 e. The Balaban J connectivity index is 1.43. The Morgan fingerprint density at radius 3 is 2.79 bits per heavy atom. The topological polar surface area (TPSA) is 58.9 Å². The minimum atomic E-state index is 0.618. The Labute approximate surface area is 141 Å². The van der Waals surface area contributed by atoms with Gasteiger partial charge in [0.25, 0.3) is 0 Å². The highest BCUT2D eigenvalue weighted by molar-refractivity contribution is 6.04. The maximum absolute atomic E-state index is 4.66. The predicted octanol–water partition coefficient (Wildman–Crippen LogP) is 2.80. The molecule has 1 aliphatic heterocycles. The van der Waals surface area contributed by atoms with Gasteiger partial charge in [-0.1, -0.05) is 24.6 Å². The summed E-state index contributed by atoms with van der Waals surface area (Å²) < 4.78 is 2.08. The van der Waals surface area contributed by atoms with Gasteiger partial charge in [0.15, 0.2) is 5.65 Å². The molecule has 0 bridgehead atoms. The predicted molar refractivity (Wildman–Crippen MR) is 97.2 cm³/mol. The molecule has 0 spiro atoms. The number of nitrogens with one attached hydrogen (secondary N) is 1. The van der Waals surface area contributed by atoms with Crippen LogP contribution in [0.1, 0.15) is 25.7 Å². The second kappa shape index (κ2) is 6.73. The van der Waals surface area contributed by atoms with E-state index in [1.165, 1.54) is 32.4 Å². The van der Waals surface area contributed by atoms with E-state index in [1.54, 1.807) is 0 Å². The zero-order valence-corrected chi connectivity index (χ0v) is 14.2. The van der Waals surface area contributed by atoms with Crippen LogP contribution in [0, 0.1) is 0 Å². The number of likely N-dealkylation sites (tertiary alicyclic amines) is 1. The molecule has 24 heavy (non-hydrogen) atoms.